The van der Waals surface area contributed by atoms with Crippen molar-refractivity contribution in [1.82, 2.24) is 4.98 Å². The third kappa shape index (κ3) is 1.07. The molecule has 0 aliphatic heterocycles. The minimum Gasteiger partial charge on any atom is -0.438 e. The molecule has 0 radical (unpaired) electrons. The molecule has 0 unspecified atom stereocenters. The second-order valence-electron chi connectivity index (χ2n) is 2.75. The first kappa shape index (κ1) is 7.79. The lowest BCUT2D eigenvalue weighted by Crippen LogP contribution is -1.96. The molecule has 2 N–H and O–H groups in total. The zero-order valence-electron chi connectivity index (χ0n) is 7.07. The van der Waals surface area contributed by atoms with Crippen molar-refractivity contribution < 1.29 is 9.21 Å². The normalized spacial score (nSPS) is 10.5. The molecule has 0 aromatic carbocycles. The second-order valence-corrected chi connectivity index (χ2v) is 2.75. The van der Waals surface area contributed by atoms with Gasteiger partial charge >= 0.3 is 0 Å². The third-order valence-corrected chi connectivity index (χ3v) is 1.83. The van der Waals surface area contributed by atoms with E-state index in [1.54, 1.807) is 18.3 Å². The number of ketones is 1. The lowest BCUT2D eigenvalue weighted by atomic mass is 10.2. The van der Waals surface area contributed by atoms with Crippen molar-refractivity contribution in [3.05, 3.63) is 23.9 Å². The molecule has 13 heavy (non-hydrogen) atoms. The molecule has 0 aliphatic carbocycles. The molecule has 0 saturated carbocycles. The number of rotatable bonds is 1. The van der Waals surface area contributed by atoms with Gasteiger partial charge in [0.05, 0.1) is 0 Å². The summed E-state index contributed by atoms with van der Waals surface area (Å²) in [6.07, 6.45) is 1.60. The topological polar surface area (TPSA) is 69.1 Å². The van der Waals surface area contributed by atoms with E-state index in [-0.39, 0.29) is 11.7 Å². The number of pyridine rings is 1. The zero-order chi connectivity index (χ0) is 9.42. The van der Waals surface area contributed by atoms with E-state index in [2.05, 4.69) is 4.98 Å². The highest BCUT2D eigenvalue weighted by Gasteiger charge is 2.15. The van der Waals surface area contributed by atoms with Gasteiger partial charge < -0.3 is 10.2 Å². The maximum Gasteiger partial charge on any atom is 0.204 e. The van der Waals surface area contributed by atoms with Gasteiger partial charge in [0.15, 0.2) is 11.4 Å². The summed E-state index contributed by atoms with van der Waals surface area (Å²) in [4.78, 5) is 15.2. The van der Waals surface area contributed by atoms with Gasteiger partial charge in [0.1, 0.15) is 11.1 Å². The fourth-order valence-corrected chi connectivity index (χ4v) is 1.29. The molecular weight excluding hydrogens is 168 g/mol. The fourth-order valence-electron chi connectivity index (χ4n) is 1.29. The second kappa shape index (κ2) is 2.58. The summed E-state index contributed by atoms with van der Waals surface area (Å²) in [6.45, 7) is 1.44. The number of fused-ring (bicyclic) bond motifs is 1. The number of hydrogen-bond donors (Lipinski definition) is 1. The predicted molar refractivity (Wildman–Crippen MR) is 48.4 cm³/mol. The van der Waals surface area contributed by atoms with E-state index in [0.29, 0.717) is 16.7 Å². The van der Waals surface area contributed by atoms with Gasteiger partial charge in [-0.15, -0.1) is 0 Å². The third-order valence-electron chi connectivity index (χ3n) is 1.83. The lowest BCUT2D eigenvalue weighted by molar-refractivity contribution is 0.101. The van der Waals surface area contributed by atoms with Crippen molar-refractivity contribution in [2.75, 3.05) is 5.73 Å². The smallest absolute Gasteiger partial charge is 0.204 e. The fraction of sp³-hybridized carbons (Fsp3) is 0.111. The van der Waals surface area contributed by atoms with Crippen LogP contribution in [-0.4, -0.2) is 10.8 Å². The Labute approximate surface area is 74.4 Å². The average Bonchev–Trinajstić information content (AvgIpc) is 2.39. The summed E-state index contributed by atoms with van der Waals surface area (Å²) in [6, 6.07) is 3.46. The van der Waals surface area contributed by atoms with E-state index < -0.39 is 0 Å². The van der Waals surface area contributed by atoms with E-state index in [0.717, 1.165) is 0 Å². The largest absolute Gasteiger partial charge is 0.438 e. The monoisotopic (exact) mass is 176 g/mol. The van der Waals surface area contributed by atoms with Crippen LogP contribution in [0.3, 0.4) is 0 Å². The van der Waals surface area contributed by atoms with Crippen molar-refractivity contribution in [3.8, 4) is 0 Å². The highest BCUT2D eigenvalue weighted by molar-refractivity contribution is 6.08. The van der Waals surface area contributed by atoms with Crippen molar-refractivity contribution in [3.63, 3.8) is 0 Å². The van der Waals surface area contributed by atoms with Gasteiger partial charge in [-0.1, -0.05) is 0 Å². The lowest BCUT2D eigenvalue weighted by Gasteiger charge is -1.89. The van der Waals surface area contributed by atoms with Crippen molar-refractivity contribution in [1.29, 1.82) is 0 Å². The zero-order valence-corrected chi connectivity index (χ0v) is 7.07. The Bertz CT molecular complexity index is 473. The highest BCUT2D eigenvalue weighted by Crippen LogP contribution is 2.25. The van der Waals surface area contributed by atoms with Gasteiger partial charge in [0, 0.05) is 6.20 Å². The van der Waals surface area contributed by atoms with Gasteiger partial charge in [0.2, 0.25) is 5.88 Å². The molecule has 4 nitrogen and oxygen atoms in total. The van der Waals surface area contributed by atoms with E-state index in [1.807, 2.05) is 0 Å². The Morgan fingerprint density at radius 3 is 3.08 bits per heavy atom. The molecule has 0 spiro atoms. The number of hydrogen-bond acceptors (Lipinski definition) is 4. The van der Waals surface area contributed by atoms with Crippen LogP contribution in [0, 0.1) is 0 Å². The quantitative estimate of drug-likeness (QED) is 0.670. The molecule has 0 fully saturated rings. The van der Waals surface area contributed by atoms with Crippen molar-refractivity contribution in [2.45, 2.75) is 6.92 Å². The molecule has 66 valence electrons. The summed E-state index contributed by atoms with van der Waals surface area (Å²) < 4.78 is 5.15. The number of anilines is 1. The van der Waals surface area contributed by atoms with Crippen LogP contribution in [0.1, 0.15) is 17.3 Å². The number of nitrogen functional groups attached to an aromatic ring is 1. The summed E-state index contributed by atoms with van der Waals surface area (Å²) >= 11 is 0. The molecule has 2 heterocycles. The first-order valence-corrected chi connectivity index (χ1v) is 3.84. The highest BCUT2D eigenvalue weighted by atomic mass is 16.3. The van der Waals surface area contributed by atoms with Crippen molar-refractivity contribution in [2.24, 2.45) is 0 Å². The Morgan fingerprint density at radius 2 is 2.38 bits per heavy atom. The molecule has 0 saturated heterocycles. The van der Waals surface area contributed by atoms with Crippen LogP contribution in [-0.2, 0) is 0 Å². The number of carbonyl (C=O) groups excluding carboxylic acids is 1. The first-order chi connectivity index (χ1) is 6.20. The molecule has 0 atom stereocenters. The summed E-state index contributed by atoms with van der Waals surface area (Å²) in [7, 11) is 0. The van der Waals surface area contributed by atoms with Crippen LogP contribution in [0.5, 0.6) is 0 Å². The molecule has 2 rings (SSSR count). The Hall–Kier alpha value is -1.84. The molecular formula is C9H8N2O2. The minimum absolute atomic E-state index is 0.130. The van der Waals surface area contributed by atoms with Crippen LogP contribution in [0.15, 0.2) is 22.7 Å². The van der Waals surface area contributed by atoms with Crippen LogP contribution in [0.2, 0.25) is 0 Å². The molecule has 2 aromatic heterocycles. The summed E-state index contributed by atoms with van der Waals surface area (Å²) in [5, 5.41) is 0. The molecule has 0 bridgehead atoms. The SMILES string of the molecule is CC(=O)c1c(N)oc2cccnc12. The van der Waals surface area contributed by atoms with Crippen LogP contribution in [0.4, 0.5) is 5.88 Å². The van der Waals surface area contributed by atoms with Crippen LogP contribution >= 0.6 is 0 Å². The predicted octanol–water partition coefficient (Wildman–Crippen LogP) is 1.61. The van der Waals surface area contributed by atoms with E-state index in [4.69, 9.17) is 10.2 Å². The Morgan fingerprint density at radius 1 is 1.62 bits per heavy atom. The molecule has 2 aromatic rings. The average molecular weight is 176 g/mol. The molecule has 0 amide bonds. The van der Waals surface area contributed by atoms with E-state index in [1.165, 1.54) is 6.92 Å². The number of aromatic nitrogens is 1. The molecule has 0 aliphatic rings. The van der Waals surface area contributed by atoms with E-state index in [9.17, 15) is 4.79 Å². The van der Waals surface area contributed by atoms with Gasteiger partial charge in [-0.2, -0.15) is 0 Å². The Balaban J connectivity index is 2.86. The summed E-state index contributed by atoms with van der Waals surface area (Å²) in [5.41, 5.74) is 6.98. The van der Waals surface area contributed by atoms with Gasteiger partial charge in [-0.3, -0.25) is 9.78 Å². The van der Waals surface area contributed by atoms with Gasteiger partial charge in [0.25, 0.3) is 0 Å². The van der Waals surface area contributed by atoms with Crippen LogP contribution < -0.4 is 5.73 Å². The number of carbonyl (C=O) groups is 1. The minimum atomic E-state index is -0.130. The summed E-state index contributed by atoms with van der Waals surface area (Å²) in [5.74, 6) is 0.0103. The number of nitrogens with two attached hydrogens (primary N) is 1. The van der Waals surface area contributed by atoms with Crippen molar-refractivity contribution >= 4 is 22.8 Å². The maximum absolute atomic E-state index is 11.2. The Kier molecular flexibility index (Phi) is 1.55. The van der Waals surface area contributed by atoms with Gasteiger partial charge in [-0.25, -0.2) is 0 Å². The number of Topliss-reactive ketones (excluding diaryl/α,β-unsaturated/α-hetero) is 1. The van der Waals surface area contributed by atoms with E-state index >= 15 is 0 Å². The number of nitrogens with zero attached hydrogens (tertiary/aromatic N) is 1. The first-order valence-electron chi connectivity index (χ1n) is 3.84. The van der Waals surface area contributed by atoms with Crippen LogP contribution in [0.25, 0.3) is 11.1 Å². The molecule has 4 heteroatoms. The number of furan rings is 1. The van der Waals surface area contributed by atoms with Gasteiger partial charge in [-0.05, 0) is 19.1 Å². The standard InChI is InChI=1S/C9H8N2O2/c1-5(12)7-8-6(13-9(7)10)3-2-4-11-8/h2-4H,10H2,1H3. The maximum atomic E-state index is 11.2.